The smallest absolute Gasteiger partial charge is 0.252 e. The van der Waals surface area contributed by atoms with Crippen molar-refractivity contribution in [1.82, 2.24) is 19.8 Å². The van der Waals surface area contributed by atoms with Gasteiger partial charge >= 0.3 is 0 Å². The molecule has 1 fully saturated rings. The number of nitrogens with zero attached hydrogens (tertiary/aromatic N) is 3. The maximum Gasteiger partial charge on any atom is 0.252 e. The quantitative estimate of drug-likeness (QED) is 0.450. The minimum Gasteiger partial charge on any atom is -0.341 e. The third kappa shape index (κ3) is 5.80. The van der Waals surface area contributed by atoms with E-state index in [1.807, 2.05) is 41.3 Å². The van der Waals surface area contributed by atoms with Crippen molar-refractivity contribution < 1.29 is 14.4 Å². The zero-order valence-corrected chi connectivity index (χ0v) is 20.6. The largest absolute Gasteiger partial charge is 0.341 e. The zero-order chi connectivity index (χ0) is 25.7. The van der Waals surface area contributed by atoms with Gasteiger partial charge < -0.3 is 25.8 Å². The van der Waals surface area contributed by atoms with Crippen molar-refractivity contribution in [2.24, 2.45) is 5.73 Å². The molecule has 9 heteroatoms. The normalized spacial score (nSPS) is 15.2. The van der Waals surface area contributed by atoms with Crippen molar-refractivity contribution in [3.05, 3.63) is 84.3 Å². The van der Waals surface area contributed by atoms with Gasteiger partial charge in [0.05, 0.1) is 11.9 Å². The molecule has 1 aliphatic rings. The first kappa shape index (κ1) is 25.1. The van der Waals surface area contributed by atoms with Crippen LogP contribution >= 0.6 is 0 Å². The number of hydrogen-bond acceptors (Lipinski definition) is 5. The van der Waals surface area contributed by atoms with Crippen molar-refractivity contribution in [3.8, 4) is 0 Å². The van der Waals surface area contributed by atoms with E-state index in [0.717, 1.165) is 31.5 Å². The number of anilines is 1. The summed E-state index contributed by atoms with van der Waals surface area (Å²) < 4.78 is 1.71. The van der Waals surface area contributed by atoms with E-state index in [9.17, 15) is 14.4 Å². The molecule has 4 rings (SSSR count). The number of hydrogen-bond donors (Lipinski definition) is 3. The van der Waals surface area contributed by atoms with E-state index in [2.05, 4.69) is 15.6 Å². The molecule has 36 heavy (non-hydrogen) atoms. The highest BCUT2D eigenvalue weighted by atomic mass is 16.2. The maximum atomic E-state index is 13.4. The van der Waals surface area contributed by atoms with E-state index in [4.69, 9.17) is 5.73 Å². The van der Waals surface area contributed by atoms with Crippen LogP contribution in [0.2, 0.25) is 0 Å². The van der Waals surface area contributed by atoms with Gasteiger partial charge in [0, 0.05) is 19.3 Å². The number of rotatable bonds is 8. The third-order valence-electron chi connectivity index (χ3n) is 6.17. The number of carbonyl (C=O) groups excluding carboxylic acids is 3. The standard InChI is InChI=1S/C27H32N6O3/c1-27(2,28)26(36)31-22(19-11-5-3-6-12-19)24(34)30-21-17-33(18-29-21)23(20-13-7-4-8-14-20)25(35)32-15-9-10-16-32/h3-8,11-14,17-18,22-23H,9-10,15-16,28H2,1-2H3,(H,30,34)(H,31,36). The topological polar surface area (TPSA) is 122 Å². The molecule has 0 bridgehead atoms. The Kier molecular flexibility index (Phi) is 7.49. The first-order valence-corrected chi connectivity index (χ1v) is 12.1. The lowest BCUT2D eigenvalue weighted by Crippen LogP contribution is -2.51. The fourth-order valence-corrected chi connectivity index (χ4v) is 4.19. The van der Waals surface area contributed by atoms with Crippen LogP contribution in [0.25, 0.3) is 0 Å². The molecule has 4 N–H and O–H groups in total. The summed E-state index contributed by atoms with van der Waals surface area (Å²) in [5.41, 5.74) is 6.22. The van der Waals surface area contributed by atoms with Crippen molar-refractivity contribution in [2.45, 2.75) is 44.3 Å². The van der Waals surface area contributed by atoms with Crippen molar-refractivity contribution in [2.75, 3.05) is 18.4 Å². The van der Waals surface area contributed by atoms with Gasteiger partial charge in [0.15, 0.2) is 5.82 Å². The number of nitrogens with two attached hydrogens (primary N) is 1. The van der Waals surface area contributed by atoms with Crippen LogP contribution in [-0.2, 0) is 14.4 Å². The average molecular weight is 489 g/mol. The second-order valence-electron chi connectivity index (χ2n) is 9.58. The van der Waals surface area contributed by atoms with Crippen molar-refractivity contribution in [3.63, 3.8) is 0 Å². The Hall–Kier alpha value is -3.98. The lowest BCUT2D eigenvalue weighted by molar-refractivity contribution is -0.132. The fraction of sp³-hybridized carbons (Fsp3) is 0.333. The minimum absolute atomic E-state index is 0.00595. The summed E-state index contributed by atoms with van der Waals surface area (Å²) in [6.07, 6.45) is 5.16. The van der Waals surface area contributed by atoms with Crippen LogP contribution < -0.4 is 16.4 Å². The summed E-state index contributed by atoms with van der Waals surface area (Å²) in [5.74, 6) is -0.658. The van der Waals surface area contributed by atoms with Crippen molar-refractivity contribution >= 4 is 23.5 Å². The Morgan fingerprint density at radius 1 is 0.944 bits per heavy atom. The molecular formula is C27H32N6O3. The lowest BCUT2D eigenvalue weighted by Gasteiger charge is -2.24. The zero-order valence-electron chi connectivity index (χ0n) is 20.6. The summed E-state index contributed by atoms with van der Waals surface area (Å²) in [5, 5.41) is 5.51. The molecule has 1 aliphatic heterocycles. The van der Waals surface area contributed by atoms with Gasteiger partial charge in [0.25, 0.3) is 5.91 Å². The highest BCUT2D eigenvalue weighted by molar-refractivity contribution is 5.98. The van der Waals surface area contributed by atoms with E-state index in [0.29, 0.717) is 5.56 Å². The summed E-state index contributed by atoms with van der Waals surface area (Å²) in [6.45, 7) is 4.61. The molecule has 1 aromatic heterocycles. The summed E-state index contributed by atoms with van der Waals surface area (Å²) in [4.78, 5) is 45.5. The highest BCUT2D eigenvalue weighted by Crippen LogP contribution is 2.25. The van der Waals surface area contributed by atoms with E-state index in [1.165, 1.54) is 0 Å². The Labute approximate surface area is 210 Å². The number of imidazole rings is 1. The summed E-state index contributed by atoms with van der Waals surface area (Å²) in [7, 11) is 0. The summed E-state index contributed by atoms with van der Waals surface area (Å²) >= 11 is 0. The number of likely N-dealkylation sites (tertiary alicyclic amines) is 1. The molecule has 0 spiro atoms. The molecule has 9 nitrogen and oxygen atoms in total. The maximum absolute atomic E-state index is 13.4. The summed E-state index contributed by atoms with van der Waals surface area (Å²) in [6, 6.07) is 16.9. The second kappa shape index (κ2) is 10.7. The highest BCUT2D eigenvalue weighted by Gasteiger charge is 2.31. The SMILES string of the molecule is CC(C)(N)C(=O)NC(C(=O)Nc1cn(C(C(=O)N2CCCC2)c2ccccc2)cn1)c1ccccc1. The van der Waals surface area contributed by atoms with Gasteiger partial charge in [-0.25, -0.2) is 4.98 Å². The number of benzene rings is 2. The van der Waals surface area contributed by atoms with E-state index < -0.39 is 29.4 Å². The van der Waals surface area contributed by atoms with E-state index in [-0.39, 0.29) is 11.7 Å². The van der Waals surface area contributed by atoms with Crippen LogP contribution in [0.4, 0.5) is 5.82 Å². The molecular weight excluding hydrogens is 456 g/mol. The first-order chi connectivity index (χ1) is 17.2. The van der Waals surface area contributed by atoms with E-state index in [1.54, 1.807) is 55.2 Å². The predicted molar refractivity (Wildman–Crippen MR) is 137 cm³/mol. The van der Waals surface area contributed by atoms with Gasteiger partial charge in [-0.05, 0) is 37.8 Å². The molecule has 2 atom stereocenters. The third-order valence-corrected chi connectivity index (χ3v) is 6.17. The number of aromatic nitrogens is 2. The lowest BCUT2D eigenvalue weighted by atomic mass is 10.0. The number of amides is 3. The monoisotopic (exact) mass is 488 g/mol. The Balaban J connectivity index is 1.58. The fourth-order valence-electron chi connectivity index (χ4n) is 4.19. The van der Waals surface area contributed by atoms with Gasteiger partial charge in [0.1, 0.15) is 12.1 Å². The van der Waals surface area contributed by atoms with Crippen LogP contribution in [0, 0.1) is 0 Å². The van der Waals surface area contributed by atoms with Crippen LogP contribution in [0.15, 0.2) is 73.2 Å². The molecule has 2 heterocycles. The molecule has 0 radical (unpaired) electrons. The van der Waals surface area contributed by atoms with Crippen LogP contribution in [0.1, 0.15) is 49.9 Å². The Morgan fingerprint density at radius 2 is 1.53 bits per heavy atom. The number of nitrogens with one attached hydrogen (secondary N) is 2. The molecule has 188 valence electrons. The van der Waals surface area contributed by atoms with Gasteiger partial charge in [0.2, 0.25) is 11.8 Å². The average Bonchev–Trinajstić information content (AvgIpc) is 3.56. The molecule has 3 amide bonds. The van der Waals surface area contributed by atoms with Gasteiger partial charge in [-0.15, -0.1) is 0 Å². The van der Waals surface area contributed by atoms with Crippen LogP contribution in [0.3, 0.4) is 0 Å². The minimum atomic E-state index is -1.16. The Morgan fingerprint density at radius 3 is 2.11 bits per heavy atom. The van der Waals surface area contributed by atoms with E-state index >= 15 is 0 Å². The first-order valence-electron chi connectivity index (χ1n) is 12.1. The van der Waals surface area contributed by atoms with Gasteiger partial charge in [-0.3, -0.25) is 14.4 Å². The van der Waals surface area contributed by atoms with Gasteiger partial charge in [-0.1, -0.05) is 60.7 Å². The predicted octanol–water partition coefficient (Wildman–Crippen LogP) is 2.63. The second-order valence-corrected chi connectivity index (χ2v) is 9.58. The number of carbonyl (C=O) groups is 3. The molecule has 0 aliphatic carbocycles. The molecule has 2 aromatic carbocycles. The molecule has 3 aromatic rings. The molecule has 1 saturated heterocycles. The molecule has 0 saturated carbocycles. The van der Waals surface area contributed by atoms with Crippen LogP contribution in [0.5, 0.6) is 0 Å². The van der Waals surface area contributed by atoms with Crippen molar-refractivity contribution in [1.29, 1.82) is 0 Å². The Bertz CT molecular complexity index is 1200. The van der Waals surface area contributed by atoms with Gasteiger partial charge in [-0.2, -0.15) is 0 Å². The van der Waals surface area contributed by atoms with Crippen LogP contribution in [-0.4, -0.2) is 50.8 Å². The molecule has 2 unspecified atom stereocenters.